The van der Waals surface area contributed by atoms with Crippen LogP contribution in [0.3, 0.4) is 0 Å². The van der Waals surface area contributed by atoms with E-state index in [4.69, 9.17) is 11.6 Å². The molecule has 0 fully saturated rings. The monoisotopic (exact) mass is 363 g/mol. The Morgan fingerprint density at radius 1 is 1.12 bits per heavy atom. The van der Waals surface area contributed by atoms with Gasteiger partial charge < -0.3 is 10.1 Å². The molecule has 0 saturated heterocycles. The minimum Gasteiger partial charge on any atom is -0.493 e. The number of azo groups is 1. The molecule has 0 unspecified atom stereocenters. The van der Waals surface area contributed by atoms with Crippen molar-refractivity contribution in [3.63, 3.8) is 0 Å². The van der Waals surface area contributed by atoms with Gasteiger partial charge in [0, 0.05) is 16.8 Å². The molecule has 0 radical (unpaired) electrons. The van der Waals surface area contributed by atoms with E-state index in [1.54, 1.807) is 18.2 Å². The minimum absolute atomic E-state index is 0.110. The topological polar surface area (TPSA) is 77.8 Å². The lowest BCUT2D eigenvalue weighted by Gasteiger charge is -2.00. The van der Waals surface area contributed by atoms with E-state index in [1.165, 1.54) is 32.1 Å². The van der Waals surface area contributed by atoms with Crippen molar-refractivity contribution in [3.8, 4) is 5.88 Å². The first-order chi connectivity index (χ1) is 12.1. The van der Waals surface area contributed by atoms with Crippen LogP contribution in [0.4, 0.5) is 5.69 Å². The second-order valence-corrected chi connectivity index (χ2v) is 6.77. The van der Waals surface area contributed by atoms with Crippen molar-refractivity contribution in [1.82, 2.24) is 4.98 Å². The first-order valence-electron chi connectivity index (χ1n) is 9.06. The summed E-state index contributed by atoms with van der Waals surface area (Å²) in [6, 6.07) is 5.15. The number of hydrogen-bond acceptors (Lipinski definition) is 3. The van der Waals surface area contributed by atoms with Crippen molar-refractivity contribution >= 4 is 34.1 Å². The Kier molecular flexibility index (Phi) is 7.92. The maximum atomic E-state index is 11.8. The van der Waals surface area contributed by atoms with Gasteiger partial charge in [-0.25, -0.2) is 0 Å². The average molecular weight is 364 g/mol. The number of halogens is 1. The fourth-order valence-corrected chi connectivity index (χ4v) is 2.97. The Balaban J connectivity index is 1.77. The summed E-state index contributed by atoms with van der Waals surface area (Å²) < 4.78 is 0. The molecule has 1 heterocycles. The lowest BCUT2D eigenvalue weighted by atomic mass is 10.1. The predicted octanol–water partition coefficient (Wildman–Crippen LogP) is 6.67. The van der Waals surface area contributed by atoms with Crippen molar-refractivity contribution in [2.24, 2.45) is 10.2 Å². The van der Waals surface area contributed by atoms with E-state index in [0.717, 1.165) is 19.3 Å². The van der Waals surface area contributed by atoms with Gasteiger partial charge >= 0.3 is 0 Å². The molecule has 6 heteroatoms. The van der Waals surface area contributed by atoms with Crippen molar-refractivity contribution in [3.05, 3.63) is 23.2 Å². The van der Waals surface area contributed by atoms with Crippen LogP contribution >= 0.6 is 11.6 Å². The van der Waals surface area contributed by atoms with Gasteiger partial charge in [0.2, 0.25) is 5.88 Å². The molecule has 2 aromatic rings. The number of nitrogens with one attached hydrogen (secondary N) is 1. The molecule has 1 aromatic carbocycles. The number of amides is 1. The van der Waals surface area contributed by atoms with Crippen LogP contribution in [0.5, 0.6) is 5.88 Å². The summed E-state index contributed by atoms with van der Waals surface area (Å²) in [5.74, 6) is -0.373. The van der Waals surface area contributed by atoms with Gasteiger partial charge in [-0.15, -0.1) is 10.2 Å². The maximum absolute atomic E-state index is 11.8. The number of unbranched alkanes of at least 4 members (excludes halogenated alkanes) is 7. The third kappa shape index (κ3) is 6.16. The lowest BCUT2D eigenvalue weighted by Crippen LogP contribution is -1.91. The molecule has 25 heavy (non-hydrogen) atoms. The van der Waals surface area contributed by atoms with Crippen LogP contribution in [0, 0.1) is 0 Å². The Hall–Kier alpha value is -1.88. The Labute approximate surface area is 153 Å². The zero-order valence-corrected chi connectivity index (χ0v) is 15.5. The fraction of sp³-hybridized carbons (Fsp3) is 0.526. The maximum Gasteiger partial charge on any atom is 0.264 e. The molecule has 0 atom stereocenters. The fourth-order valence-electron chi connectivity index (χ4n) is 2.80. The molecular formula is C19H26ClN3O2. The van der Waals surface area contributed by atoms with Crippen LogP contribution in [0.15, 0.2) is 28.4 Å². The lowest BCUT2D eigenvalue weighted by molar-refractivity contribution is -0.118. The number of aromatic amines is 1. The summed E-state index contributed by atoms with van der Waals surface area (Å²) in [6.45, 7) is 2.21. The van der Waals surface area contributed by atoms with E-state index in [9.17, 15) is 9.90 Å². The van der Waals surface area contributed by atoms with Gasteiger partial charge in [-0.2, -0.15) is 0 Å². The number of carbonyl (C=O) groups is 1. The molecule has 0 bridgehead atoms. The van der Waals surface area contributed by atoms with Crippen molar-refractivity contribution in [2.45, 2.75) is 64.7 Å². The van der Waals surface area contributed by atoms with Crippen molar-refractivity contribution in [2.75, 3.05) is 0 Å². The number of rotatable bonds is 10. The van der Waals surface area contributed by atoms with Crippen LogP contribution in [0.1, 0.15) is 64.7 Å². The molecule has 0 spiro atoms. The van der Waals surface area contributed by atoms with Gasteiger partial charge in [0.1, 0.15) is 0 Å². The first-order valence-corrected chi connectivity index (χ1v) is 9.44. The number of H-pyrrole nitrogens is 1. The smallest absolute Gasteiger partial charge is 0.264 e. The average Bonchev–Trinajstić information content (AvgIpc) is 2.90. The van der Waals surface area contributed by atoms with E-state index in [0.29, 0.717) is 22.3 Å². The number of benzene rings is 1. The zero-order chi connectivity index (χ0) is 18.1. The molecule has 0 aliphatic rings. The summed E-state index contributed by atoms with van der Waals surface area (Å²) >= 11 is 5.97. The molecule has 0 saturated carbocycles. The van der Waals surface area contributed by atoms with E-state index in [2.05, 4.69) is 22.1 Å². The number of carbonyl (C=O) groups excluding carboxylic acids is 1. The molecule has 5 nitrogen and oxygen atoms in total. The molecule has 0 aliphatic carbocycles. The van der Waals surface area contributed by atoms with Gasteiger partial charge in [-0.3, -0.25) is 4.79 Å². The van der Waals surface area contributed by atoms with Crippen LogP contribution < -0.4 is 0 Å². The molecule has 1 aromatic heterocycles. The van der Waals surface area contributed by atoms with Crippen LogP contribution in [0.25, 0.3) is 10.9 Å². The zero-order valence-electron chi connectivity index (χ0n) is 14.7. The predicted molar refractivity (Wildman–Crippen MR) is 102 cm³/mol. The van der Waals surface area contributed by atoms with Gasteiger partial charge in [0.25, 0.3) is 5.91 Å². The third-order valence-electron chi connectivity index (χ3n) is 4.22. The third-order valence-corrected chi connectivity index (χ3v) is 4.45. The second kappa shape index (κ2) is 10.2. The van der Waals surface area contributed by atoms with E-state index < -0.39 is 0 Å². The SMILES string of the molecule is CCCCCCCCCCC(=O)N=Nc1c(O)[nH]c2ccc(Cl)cc12. The highest BCUT2D eigenvalue weighted by molar-refractivity contribution is 6.31. The normalized spacial score (nSPS) is 11.6. The Bertz CT molecular complexity index is 725. The second-order valence-electron chi connectivity index (χ2n) is 6.33. The van der Waals surface area contributed by atoms with E-state index in [1.807, 2.05) is 0 Å². The molecule has 1 amide bonds. The summed E-state index contributed by atoms with van der Waals surface area (Å²) in [5.41, 5.74) is 0.952. The van der Waals surface area contributed by atoms with Crippen LogP contribution in [-0.4, -0.2) is 16.0 Å². The molecule has 2 N–H and O–H groups in total. The van der Waals surface area contributed by atoms with Gasteiger partial charge in [0.05, 0.1) is 5.52 Å². The van der Waals surface area contributed by atoms with Gasteiger partial charge in [-0.05, 0) is 24.6 Å². The largest absolute Gasteiger partial charge is 0.493 e. The first kappa shape index (κ1) is 19.4. The molecule has 0 aliphatic heterocycles. The number of aromatic nitrogens is 1. The van der Waals surface area contributed by atoms with Gasteiger partial charge in [-0.1, -0.05) is 63.5 Å². The number of hydrogen-bond donors (Lipinski definition) is 2. The van der Waals surface area contributed by atoms with E-state index in [-0.39, 0.29) is 17.5 Å². The van der Waals surface area contributed by atoms with Crippen molar-refractivity contribution in [1.29, 1.82) is 0 Å². The highest BCUT2D eigenvalue weighted by atomic mass is 35.5. The summed E-state index contributed by atoms with van der Waals surface area (Å²) in [5, 5.41) is 18.7. The highest BCUT2D eigenvalue weighted by Crippen LogP contribution is 2.36. The summed E-state index contributed by atoms with van der Waals surface area (Å²) in [7, 11) is 0. The molecule has 2 rings (SSSR count). The number of aromatic hydroxyl groups is 1. The summed E-state index contributed by atoms with van der Waals surface area (Å²) in [6.07, 6.45) is 9.82. The van der Waals surface area contributed by atoms with Gasteiger partial charge in [0.15, 0.2) is 5.69 Å². The standard InChI is InChI=1S/C19H26ClN3O2/c1-2-3-4-5-6-7-8-9-10-17(24)22-23-18-15-13-14(20)11-12-16(15)21-19(18)25/h11-13,21,25H,2-10H2,1H3. The number of fused-ring (bicyclic) bond motifs is 1. The van der Waals surface area contributed by atoms with E-state index >= 15 is 0 Å². The quantitative estimate of drug-likeness (QED) is 0.365. The van der Waals surface area contributed by atoms with Crippen LogP contribution in [-0.2, 0) is 4.79 Å². The molecular weight excluding hydrogens is 338 g/mol. The highest BCUT2D eigenvalue weighted by Gasteiger charge is 2.11. The molecule has 136 valence electrons. The summed E-state index contributed by atoms with van der Waals surface area (Å²) in [4.78, 5) is 14.6. The Morgan fingerprint density at radius 3 is 2.52 bits per heavy atom. The van der Waals surface area contributed by atoms with Crippen molar-refractivity contribution < 1.29 is 9.90 Å². The number of nitrogens with zero attached hydrogens (tertiary/aromatic N) is 2. The Morgan fingerprint density at radius 2 is 1.80 bits per heavy atom. The minimum atomic E-state index is -0.262. The van der Waals surface area contributed by atoms with Crippen LogP contribution in [0.2, 0.25) is 5.02 Å².